The van der Waals surface area contributed by atoms with Gasteiger partial charge in [-0.3, -0.25) is 9.59 Å². The van der Waals surface area contributed by atoms with Gasteiger partial charge in [0, 0.05) is 11.3 Å². The molecule has 6 heteroatoms. The van der Waals surface area contributed by atoms with Gasteiger partial charge in [-0.05, 0) is 20.0 Å². The molecule has 1 unspecified atom stereocenters. The summed E-state index contributed by atoms with van der Waals surface area (Å²) in [5, 5.41) is 17.1. The predicted molar refractivity (Wildman–Crippen MR) is 88.5 cm³/mol. The first kappa shape index (κ1) is 20.1. The zero-order valence-corrected chi connectivity index (χ0v) is 13.8. The molecule has 0 heterocycles. The van der Waals surface area contributed by atoms with Gasteiger partial charge in [0.25, 0.3) is 0 Å². The molecule has 6 nitrogen and oxygen atoms in total. The number of rotatable bonds is 6. The van der Waals surface area contributed by atoms with Crippen molar-refractivity contribution >= 4 is 17.5 Å². The van der Waals surface area contributed by atoms with Crippen LogP contribution in [0.25, 0.3) is 0 Å². The second-order valence-electron chi connectivity index (χ2n) is 4.83. The minimum atomic E-state index is -0.646. The number of para-hydroxylation sites is 1. The number of carbonyl (C=O) groups is 2. The van der Waals surface area contributed by atoms with Crippen LogP contribution in [0.1, 0.15) is 32.8 Å². The number of aliphatic hydroxyl groups is 1. The second kappa shape index (κ2) is 11.7. The van der Waals surface area contributed by atoms with E-state index in [4.69, 9.17) is 5.11 Å². The van der Waals surface area contributed by atoms with Gasteiger partial charge in [0.2, 0.25) is 11.8 Å². The quantitative estimate of drug-likeness (QED) is 0.637. The summed E-state index contributed by atoms with van der Waals surface area (Å²) in [7, 11) is 1.65. The summed E-state index contributed by atoms with van der Waals surface area (Å²) < 4.78 is 0. The Kier molecular flexibility index (Phi) is 10.7. The molecule has 0 aliphatic heterocycles. The van der Waals surface area contributed by atoms with Gasteiger partial charge < -0.3 is 21.1 Å². The molecular formula is C16H27N3O3. The Morgan fingerprint density at radius 2 is 1.82 bits per heavy atom. The third kappa shape index (κ3) is 7.75. The SMILES string of the molecule is CCC.CNCC(=O)NC(C)C(=O)Nc1ccccc1CO. The molecule has 0 spiro atoms. The van der Waals surface area contributed by atoms with Gasteiger partial charge in [0.1, 0.15) is 6.04 Å². The fraction of sp³-hybridized carbons (Fsp3) is 0.500. The molecule has 0 bridgehead atoms. The average molecular weight is 309 g/mol. The third-order valence-electron chi connectivity index (χ3n) is 2.55. The van der Waals surface area contributed by atoms with Crippen LogP contribution in [-0.2, 0) is 16.2 Å². The number of anilines is 1. The lowest BCUT2D eigenvalue weighted by Crippen LogP contribution is -2.44. The van der Waals surface area contributed by atoms with Crippen molar-refractivity contribution in [1.82, 2.24) is 10.6 Å². The second-order valence-corrected chi connectivity index (χ2v) is 4.83. The van der Waals surface area contributed by atoms with Gasteiger partial charge in [-0.25, -0.2) is 0 Å². The van der Waals surface area contributed by atoms with Gasteiger partial charge in [-0.15, -0.1) is 0 Å². The normalized spacial score (nSPS) is 11.0. The first-order chi connectivity index (χ1) is 10.5. The van der Waals surface area contributed by atoms with E-state index < -0.39 is 6.04 Å². The van der Waals surface area contributed by atoms with Crippen LogP contribution in [0.2, 0.25) is 0 Å². The van der Waals surface area contributed by atoms with Crippen molar-refractivity contribution in [2.45, 2.75) is 39.8 Å². The maximum atomic E-state index is 11.9. The van der Waals surface area contributed by atoms with Crippen molar-refractivity contribution in [3.63, 3.8) is 0 Å². The number of nitrogens with one attached hydrogen (secondary N) is 3. The average Bonchev–Trinajstić information content (AvgIpc) is 2.48. The molecule has 1 aromatic carbocycles. The van der Waals surface area contributed by atoms with Gasteiger partial charge in [0.15, 0.2) is 0 Å². The summed E-state index contributed by atoms with van der Waals surface area (Å²) in [6.45, 7) is 5.85. The smallest absolute Gasteiger partial charge is 0.246 e. The largest absolute Gasteiger partial charge is 0.392 e. The van der Waals surface area contributed by atoms with Crippen LogP contribution in [-0.4, -0.2) is 36.6 Å². The standard InChI is InChI=1S/C13H19N3O3.C3H8/c1-9(15-12(18)7-14-2)13(19)16-11-6-4-3-5-10(11)8-17;1-3-2/h3-6,9,14,17H,7-8H2,1-2H3,(H,15,18)(H,16,19);3H2,1-2H3. The number of benzene rings is 1. The molecule has 0 aromatic heterocycles. The fourth-order valence-corrected chi connectivity index (χ4v) is 1.54. The minimum Gasteiger partial charge on any atom is -0.392 e. The van der Waals surface area contributed by atoms with Gasteiger partial charge in [-0.1, -0.05) is 38.5 Å². The van der Waals surface area contributed by atoms with E-state index in [2.05, 4.69) is 29.8 Å². The fourth-order valence-electron chi connectivity index (χ4n) is 1.54. The van der Waals surface area contributed by atoms with E-state index in [0.717, 1.165) is 0 Å². The highest BCUT2D eigenvalue weighted by Crippen LogP contribution is 2.14. The highest BCUT2D eigenvalue weighted by atomic mass is 16.3. The van der Waals surface area contributed by atoms with Crippen molar-refractivity contribution in [1.29, 1.82) is 0 Å². The summed E-state index contributed by atoms with van der Waals surface area (Å²) >= 11 is 0. The predicted octanol–water partition coefficient (Wildman–Crippen LogP) is 1.26. The Labute approximate surface area is 132 Å². The highest BCUT2D eigenvalue weighted by Gasteiger charge is 2.16. The highest BCUT2D eigenvalue weighted by molar-refractivity contribution is 5.97. The zero-order chi connectivity index (χ0) is 17.0. The van der Waals surface area contributed by atoms with Crippen LogP contribution < -0.4 is 16.0 Å². The number of aliphatic hydroxyl groups excluding tert-OH is 1. The molecule has 124 valence electrons. The number of hydrogen-bond acceptors (Lipinski definition) is 4. The molecule has 1 atom stereocenters. The third-order valence-corrected chi connectivity index (χ3v) is 2.55. The van der Waals surface area contributed by atoms with Crippen LogP contribution in [0.5, 0.6) is 0 Å². The van der Waals surface area contributed by atoms with E-state index in [0.29, 0.717) is 11.3 Å². The molecule has 0 saturated heterocycles. The number of amides is 2. The Bertz CT molecular complexity index is 464. The van der Waals surface area contributed by atoms with E-state index in [1.165, 1.54) is 6.42 Å². The molecule has 4 N–H and O–H groups in total. The van der Waals surface area contributed by atoms with Crippen LogP contribution in [0, 0.1) is 0 Å². The lowest BCUT2D eigenvalue weighted by Gasteiger charge is -2.15. The number of likely N-dealkylation sites (N-methyl/N-ethyl adjacent to an activating group) is 1. The summed E-state index contributed by atoms with van der Waals surface area (Å²) in [5.74, 6) is -0.578. The molecule has 0 fully saturated rings. The molecule has 0 radical (unpaired) electrons. The minimum absolute atomic E-state index is 0.156. The summed E-state index contributed by atoms with van der Waals surface area (Å²) in [4.78, 5) is 23.2. The van der Waals surface area contributed by atoms with Gasteiger partial charge in [-0.2, -0.15) is 0 Å². The van der Waals surface area contributed by atoms with Crippen molar-refractivity contribution in [3.05, 3.63) is 29.8 Å². The van der Waals surface area contributed by atoms with E-state index in [-0.39, 0.29) is 25.0 Å². The maximum absolute atomic E-state index is 11.9. The molecule has 0 aliphatic carbocycles. The summed E-state index contributed by atoms with van der Waals surface area (Å²) in [6.07, 6.45) is 1.25. The maximum Gasteiger partial charge on any atom is 0.246 e. The first-order valence-corrected chi connectivity index (χ1v) is 7.43. The van der Waals surface area contributed by atoms with Crippen molar-refractivity contribution < 1.29 is 14.7 Å². The Morgan fingerprint density at radius 1 is 1.23 bits per heavy atom. The Hall–Kier alpha value is -1.92. The lowest BCUT2D eigenvalue weighted by molar-refractivity contribution is -0.125. The number of hydrogen-bond donors (Lipinski definition) is 4. The van der Waals surface area contributed by atoms with Crippen LogP contribution >= 0.6 is 0 Å². The van der Waals surface area contributed by atoms with E-state index in [9.17, 15) is 9.59 Å². The van der Waals surface area contributed by atoms with Crippen molar-refractivity contribution in [3.8, 4) is 0 Å². The van der Waals surface area contributed by atoms with E-state index in [1.54, 1.807) is 38.2 Å². The summed E-state index contributed by atoms with van der Waals surface area (Å²) in [5.41, 5.74) is 1.18. The molecule has 0 saturated carbocycles. The van der Waals surface area contributed by atoms with Gasteiger partial charge >= 0.3 is 0 Å². The molecular weight excluding hydrogens is 282 g/mol. The van der Waals surface area contributed by atoms with Crippen LogP contribution in [0.15, 0.2) is 24.3 Å². The van der Waals surface area contributed by atoms with E-state index in [1.807, 2.05) is 0 Å². The zero-order valence-electron chi connectivity index (χ0n) is 13.8. The molecule has 0 aliphatic rings. The molecule has 1 rings (SSSR count). The van der Waals surface area contributed by atoms with Crippen LogP contribution in [0.4, 0.5) is 5.69 Å². The molecule has 1 aromatic rings. The summed E-state index contributed by atoms with van der Waals surface area (Å²) in [6, 6.07) is 6.32. The molecule has 2 amide bonds. The monoisotopic (exact) mass is 309 g/mol. The van der Waals surface area contributed by atoms with Crippen molar-refractivity contribution in [2.75, 3.05) is 18.9 Å². The first-order valence-electron chi connectivity index (χ1n) is 7.43. The van der Waals surface area contributed by atoms with Gasteiger partial charge in [0.05, 0.1) is 13.2 Å². The molecule has 22 heavy (non-hydrogen) atoms. The lowest BCUT2D eigenvalue weighted by atomic mass is 10.2. The number of carbonyl (C=O) groups excluding carboxylic acids is 2. The van der Waals surface area contributed by atoms with E-state index >= 15 is 0 Å². The topological polar surface area (TPSA) is 90.5 Å². The Balaban J connectivity index is 0.00000135. The van der Waals surface area contributed by atoms with Crippen LogP contribution in [0.3, 0.4) is 0 Å². The van der Waals surface area contributed by atoms with Crippen molar-refractivity contribution in [2.24, 2.45) is 0 Å². The Morgan fingerprint density at radius 3 is 2.36 bits per heavy atom.